The lowest BCUT2D eigenvalue weighted by Gasteiger charge is -2.34. The zero-order chi connectivity index (χ0) is 29.1. The van der Waals surface area contributed by atoms with E-state index in [1.165, 1.54) is 0 Å². The van der Waals surface area contributed by atoms with Crippen LogP contribution in [0.5, 0.6) is 0 Å². The molecule has 0 aliphatic carbocycles. The third kappa shape index (κ3) is 13.3. The zero-order valence-electron chi connectivity index (χ0n) is 24.0. The Balaban J connectivity index is 1.78. The molecule has 0 saturated carbocycles. The van der Waals surface area contributed by atoms with Crippen molar-refractivity contribution in [3.63, 3.8) is 0 Å². The average molecular weight is 550 g/mol. The SMILES string of the molecule is CC(C)(C)OC(=O)CC[C@H](NC(=O)OC(C)(C)C)C(=O)OCCN1CCN(C(=O)OCc2ccccc2)CC1. The maximum absolute atomic E-state index is 12.8. The van der Waals surface area contributed by atoms with Crippen LogP contribution in [0.25, 0.3) is 0 Å². The Kier molecular flexibility index (Phi) is 12.0. The van der Waals surface area contributed by atoms with Crippen LogP contribution >= 0.6 is 0 Å². The number of nitrogens with one attached hydrogen (secondary N) is 1. The number of ether oxygens (including phenoxy) is 4. The van der Waals surface area contributed by atoms with Gasteiger partial charge in [-0.05, 0) is 53.5 Å². The maximum atomic E-state index is 12.8. The van der Waals surface area contributed by atoms with Crippen molar-refractivity contribution >= 4 is 24.1 Å². The van der Waals surface area contributed by atoms with Crippen molar-refractivity contribution in [2.45, 2.75) is 78.2 Å². The number of benzene rings is 1. The first kappa shape index (κ1) is 31.9. The number of nitrogens with zero attached hydrogens (tertiary/aromatic N) is 2. The van der Waals surface area contributed by atoms with Gasteiger partial charge in [-0.15, -0.1) is 0 Å². The number of hydrogen-bond acceptors (Lipinski definition) is 9. The quantitative estimate of drug-likeness (QED) is 0.345. The number of amides is 2. The molecule has 0 bridgehead atoms. The summed E-state index contributed by atoms with van der Waals surface area (Å²) >= 11 is 0. The van der Waals surface area contributed by atoms with E-state index in [1.807, 2.05) is 30.3 Å². The number of piperazine rings is 1. The fourth-order valence-electron chi connectivity index (χ4n) is 3.69. The van der Waals surface area contributed by atoms with Crippen molar-refractivity contribution in [2.24, 2.45) is 0 Å². The minimum atomic E-state index is -1.07. The molecular formula is C28H43N3O8. The van der Waals surface area contributed by atoms with E-state index in [1.54, 1.807) is 46.4 Å². The van der Waals surface area contributed by atoms with E-state index >= 15 is 0 Å². The van der Waals surface area contributed by atoms with Gasteiger partial charge in [-0.25, -0.2) is 14.4 Å². The van der Waals surface area contributed by atoms with Crippen LogP contribution in [0.15, 0.2) is 30.3 Å². The third-order valence-corrected chi connectivity index (χ3v) is 5.52. The fraction of sp³-hybridized carbons (Fsp3) is 0.643. The number of carbonyl (C=O) groups is 4. The number of rotatable bonds is 10. The largest absolute Gasteiger partial charge is 0.463 e. The first-order valence-electron chi connectivity index (χ1n) is 13.3. The molecule has 0 aromatic heterocycles. The van der Waals surface area contributed by atoms with Gasteiger partial charge in [-0.2, -0.15) is 0 Å². The zero-order valence-corrected chi connectivity index (χ0v) is 24.0. The summed E-state index contributed by atoms with van der Waals surface area (Å²) in [7, 11) is 0. The van der Waals surface area contributed by atoms with E-state index in [-0.39, 0.29) is 32.1 Å². The molecule has 2 rings (SSSR count). The Morgan fingerprint density at radius 1 is 0.872 bits per heavy atom. The summed E-state index contributed by atoms with van der Waals surface area (Å²) in [6.07, 6.45) is -1.19. The minimum Gasteiger partial charge on any atom is -0.463 e. The molecule has 11 nitrogen and oxygen atoms in total. The molecule has 39 heavy (non-hydrogen) atoms. The van der Waals surface area contributed by atoms with Gasteiger partial charge in [0.25, 0.3) is 0 Å². The van der Waals surface area contributed by atoms with Gasteiger partial charge in [0.1, 0.15) is 30.5 Å². The summed E-state index contributed by atoms with van der Waals surface area (Å²) in [6, 6.07) is 8.43. The van der Waals surface area contributed by atoms with Gasteiger partial charge in [-0.1, -0.05) is 30.3 Å². The number of esters is 2. The standard InChI is InChI=1S/C28H43N3O8/c1-27(2,3)38-23(32)13-12-22(29-25(34)39-28(4,5)6)24(33)36-19-18-30-14-16-31(17-15-30)26(35)37-20-21-10-8-7-9-11-21/h7-11,22H,12-20H2,1-6H3,(H,29,34)/t22-/m0/s1. The van der Waals surface area contributed by atoms with Crippen molar-refractivity contribution in [3.05, 3.63) is 35.9 Å². The molecule has 1 N–H and O–H groups in total. The normalized spacial score (nSPS) is 15.2. The lowest BCUT2D eigenvalue weighted by Crippen LogP contribution is -2.50. The molecule has 0 unspecified atom stereocenters. The van der Waals surface area contributed by atoms with Gasteiger partial charge in [-0.3, -0.25) is 9.69 Å². The molecule has 218 valence electrons. The highest BCUT2D eigenvalue weighted by Gasteiger charge is 2.28. The molecule has 1 saturated heterocycles. The Hall–Kier alpha value is -3.34. The summed E-state index contributed by atoms with van der Waals surface area (Å²) < 4.78 is 21.4. The second kappa shape index (κ2) is 14.7. The fourth-order valence-corrected chi connectivity index (χ4v) is 3.69. The lowest BCUT2D eigenvalue weighted by molar-refractivity contribution is -0.155. The van der Waals surface area contributed by atoms with E-state index in [4.69, 9.17) is 18.9 Å². The van der Waals surface area contributed by atoms with E-state index in [2.05, 4.69) is 10.2 Å². The molecule has 1 atom stereocenters. The monoisotopic (exact) mass is 549 g/mol. The molecule has 11 heteroatoms. The molecule has 1 aliphatic heterocycles. The maximum Gasteiger partial charge on any atom is 0.410 e. The van der Waals surface area contributed by atoms with Crippen LogP contribution < -0.4 is 5.32 Å². The molecule has 0 radical (unpaired) electrons. The highest BCUT2D eigenvalue weighted by atomic mass is 16.6. The summed E-state index contributed by atoms with van der Waals surface area (Å²) in [5, 5.41) is 2.51. The number of hydrogen-bond donors (Lipinski definition) is 1. The topological polar surface area (TPSA) is 124 Å². The second-order valence-electron chi connectivity index (χ2n) is 11.4. The first-order chi connectivity index (χ1) is 18.2. The molecule has 0 spiro atoms. The van der Waals surface area contributed by atoms with Crippen LogP contribution in [0.1, 0.15) is 59.9 Å². The van der Waals surface area contributed by atoms with Gasteiger partial charge in [0.2, 0.25) is 0 Å². The van der Waals surface area contributed by atoms with Crippen LogP contribution in [0, 0.1) is 0 Å². The minimum absolute atomic E-state index is 0.0107. The first-order valence-corrected chi connectivity index (χ1v) is 13.3. The highest BCUT2D eigenvalue weighted by Crippen LogP contribution is 2.13. The molecular weight excluding hydrogens is 506 g/mol. The van der Waals surface area contributed by atoms with E-state index < -0.39 is 35.3 Å². The molecule has 1 aromatic rings. The number of alkyl carbamates (subject to hydrolysis) is 1. The Morgan fingerprint density at radius 2 is 1.49 bits per heavy atom. The smallest absolute Gasteiger partial charge is 0.410 e. The van der Waals surface area contributed by atoms with Gasteiger partial charge in [0.05, 0.1) is 0 Å². The molecule has 1 fully saturated rings. The Bertz CT molecular complexity index is 948. The van der Waals surface area contributed by atoms with Crippen molar-refractivity contribution in [1.82, 2.24) is 15.1 Å². The van der Waals surface area contributed by atoms with Crippen LogP contribution in [-0.2, 0) is 35.1 Å². The van der Waals surface area contributed by atoms with Crippen LogP contribution in [-0.4, -0.2) is 90.5 Å². The van der Waals surface area contributed by atoms with Gasteiger partial charge in [0.15, 0.2) is 0 Å². The van der Waals surface area contributed by atoms with Gasteiger partial charge >= 0.3 is 24.1 Å². The summed E-state index contributed by atoms with van der Waals surface area (Å²) in [4.78, 5) is 53.3. The van der Waals surface area contributed by atoms with Crippen LogP contribution in [0.3, 0.4) is 0 Å². The summed E-state index contributed by atoms with van der Waals surface area (Å²) in [5.74, 6) is -1.14. The Morgan fingerprint density at radius 3 is 2.08 bits per heavy atom. The van der Waals surface area contributed by atoms with E-state index in [0.717, 1.165) is 5.56 Å². The molecule has 2 amide bonds. The van der Waals surface area contributed by atoms with E-state index in [9.17, 15) is 19.2 Å². The second-order valence-corrected chi connectivity index (χ2v) is 11.4. The van der Waals surface area contributed by atoms with Crippen molar-refractivity contribution < 1.29 is 38.1 Å². The van der Waals surface area contributed by atoms with Crippen LogP contribution in [0.4, 0.5) is 9.59 Å². The van der Waals surface area contributed by atoms with E-state index in [0.29, 0.717) is 32.7 Å². The van der Waals surface area contributed by atoms with Crippen molar-refractivity contribution in [2.75, 3.05) is 39.3 Å². The van der Waals surface area contributed by atoms with Crippen molar-refractivity contribution in [1.29, 1.82) is 0 Å². The van der Waals surface area contributed by atoms with Gasteiger partial charge in [0, 0.05) is 39.1 Å². The molecule has 1 heterocycles. The number of carbonyl (C=O) groups excluding carboxylic acids is 4. The molecule has 1 aromatic carbocycles. The Labute approximate surface area is 231 Å². The molecule has 1 aliphatic rings. The summed E-state index contributed by atoms with van der Waals surface area (Å²) in [5.41, 5.74) is -0.481. The lowest BCUT2D eigenvalue weighted by atomic mass is 10.1. The van der Waals surface area contributed by atoms with Gasteiger partial charge < -0.3 is 29.2 Å². The third-order valence-electron chi connectivity index (χ3n) is 5.52. The summed E-state index contributed by atoms with van der Waals surface area (Å²) in [6.45, 7) is 13.4. The predicted molar refractivity (Wildman–Crippen MR) is 144 cm³/mol. The average Bonchev–Trinajstić information content (AvgIpc) is 2.84. The van der Waals surface area contributed by atoms with Crippen molar-refractivity contribution in [3.8, 4) is 0 Å². The predicted octanol–water partition coefficient (Wildman–Crippen LogP) is 3.50. The van der Waals surface area contributed by atoms with Crippen LogP contribution in [0.2, 0.25) is 0 Å². The highest BCUT2D eigenvalue weighted by molar-refractivity contribution is 5.82.